The molecule has 3 nitrogen and oxygen atoms in total. The van der Waals surface area contributed by atoms with Crippen LogP contribution in [0, 0.1) is 5.92 Å². The zero-order valence-corrected chi connectivity index (χ0v) is 11.5. The molecule has 2 aliphatic heterocycles. The number of carbonyl (C=O) groups excluding carboxylic acids is 1. The number of nitrogens with zero attached hydrogens (tertiary/aromatic N) is 1. The second-order valence-electron chi connectivity index (χ2n) is 5.31. The quantitative estimate of drug-likeness (QED) is 0.820. The minimum atomic E-state index is 0.211. The van der Waals surface area contributed by atoms with Gasteiger partial charge in [0.05, 0.1) is 5.25 Å². The van der Waals surface area contributed by atoms with Gasteiger partial charge in [-0.1, -0.05) is 13.3 Å². The molecular weight excluding hydrogens is 232 g/mol. The molecule has 0 aromatic heterocycles. The first-order valence-electron chi connectivity index (χ1n) is 6.86. The van der Waals surface area contributed by atoms with E-state index in [1.54, 1.807) is 0 Å². The summed E-state index contributed by atoms with van der Waals surface area (Å²) in [5.74, 6) is 2.07. The average molecular weight is 256 g/mol. The molecule has 0 spiro atoms. The Morgan fingerprint density at radius 2 is 2.18 bits per heavy atom. The van der Waals surface area contributed by atoms with E-state index >= 15 is 0 Å². The monoisotopic (exact) mass is 256 g/mol. The predicted molar refractivity (Wildman–Crippen MR) is 73.1 cm³/mol. The maximum atomic E-state index is 12.5. The number of amides is 1. The smallest absolute Gasteiger partial charge is 0.235 e. The number of rotatable bonds is 2. The third kappa shape index (κ3) is 2.97. The summed E-state index contributed by atoms with van der Waals surface area (Å²) in [6, 6.07) is 0.277. The van der Waals surface area contributed by atoms with Crippen molar-refractivity contribution in [3.05, 3.63) is 0 Å². The minimum absolute atomic E-state index is 0.211. The van der Waals surface area contributed by atoms with Crippen LogP contribution in [0.3, 0.4) is 0 Å². The van der Waals surface area contributed by atoms with Gasteiger partial charge in [0.2, 0.25) is 5.91 Å². The van der Waals surface area contributed by atoms with Gasteiger partial charge in [-0.25, -0.2) is 0 Å². The largest absolute Gasteiger partial charge is 0.337 e. The van der Waals surface area contributed by atoms with Gasteiger partial charge in [0, 0.05) is 19.1 Å². The summed E-state index contributed by atoms with van der Waals surface area (Å²) in [6.45, 7) is 3.76. The number of carbonyl (C=O) groups is 1. The van der Waals surface area contributed by atoms with Crippen LogP contribution in [0.1, 0.15) is 39.0 Å². The molecule has 98 valence electrons. The Morgan fingerprint density at radius 3 is 2.82 bits per heavy atom. The highest BCUT2D eigenvalue weighted by Gasteiger charge is 2.34. The van der Waals surface area contributed by atoms with Crippen molar-refractivity contribution in [2.75, 3.05) is 18.8 Å². The number of thioether (sulfide) groups is 1. The van der Waals surface area contributed by atoms with Gasteiger partial charge < -0.3 is 10.6 Å². The van der Waals surface area contributed by atoms with Gasteiger partial charge in [0.15, 0.2) is 0 Å². The van der Waals surface area contributed by atoms with E-state index < -0.39 is 0 Å². The van der Waals surface area contributed by atoms with Gasteiger partial charge in [-0.2, -0.15) is 0 Å². The molecule has 2 saturated heterocycles. The summed E-state index contributed by atoms with van der Waals surface area (Å²) in [5, 5.41) is 0.211. The highest BCUT2D eigenvalue weighted by molar-refractivity contribution is 8.00. The van der Waals surface area contributed by atoms with Crippen molar-refractivity contribution in [3.8, 4) is 0 Å². The maximum Gasteiger partial charge on any atom is 0.235 e. The molecule has 2 heterocycles. The summed E-state index contributed by atoms with van der Waals surface area (Å²) in [4.78, 5) is 14.6. The fraction of sp³-hybridized carbons (Fsp3) is 0.923. The van der Waals surface area contributed by atoms with Gasteiger partial charge in [-0.3, -0.25) is 4.79 Å². The van der Waals surface area contributed by atoms with Crippen molar-refractivity contribution in [2.24, 2.45) is 11.7 Å². The Bertz CT molecular complexity index is 266. The van der Waals surface area contributed by atoms with Gasteiger partial charge in [-0.15, -0.1) is 11.8 Å². The van der Waals surface area contributed by atoms with Gasteiger partial charge >= 0.3 is 0 Å². The van der Waals surface area contributed by atoms with Crippen molar-refractivity contribution < 1.29 is 4.79 Å². The van der Waals surface area contributed by atoms with Crippen molar-refractivity contribution in [1.82, 2.24) is 4.90 Å². The number of hydrogen-bond donors (Lipinski definition) is 1. The average Bonchev–Trinajstić information content (AvgIpc) is 2.38. The lowest BCUT2D eigenvalue weighted by Gasteiger charge is -2.41. The second-order valence-corrected chi connectivity index (χ2v) is 6.62. The molecule has 2 fully saturated rings. The van der Waals surface area contributed by atoms with E-state index in [-0.39, 0.29) is 11.3 Å². The summed E-state index contributed by atoms with van der Waals surface area (Å²) < 4.78 is 0. The van der Waals surface area contributed by atoms with Crippen molar-refractivity contribution in [2.45, 2.75) is 50.3 Å². The third-order valence-electron chi connectivity index (χ3n) is 4.10. The first-order valence-corrected chi connectivity index (χ1v) is 7.91. The van der Waals surface area contributed by atoms with Gasteiger partial charge in [0.25, 0.3) is 0 Å². The topological polar surface area (TPSA) is 46.3 Å². The molecule has 3 unspecified atom stereocenters. The molecule has 0 aromatic rings. The van der Waals surface area contributed by atoms with E-state index in [0.717, 1.165) is 25.1 Å². The second kappa shape index (κ2) is 6.10. The zero-order chi connectivity index (χ0) is 12.3. The van der Waals surface area contributed by atoms with Crippen LogP contribution in [-0.2, 0) is 4.79 Å². The lowest BCUT2D eigenvalue weighted by atomic mass is 9.90. The number of likely N-dealkylation sites (tertiary alicyclic amines) is 1. The van der Waals surface area contributed by atoms with Crippen LogP contribution in [-0.4, -0.2) is 40.9 Å². The van der Waals surface area contributed by atoms with Crippen LogP contribution in [0.5, 0.6) is 0 Å². The lowest BCUT2D eigenvalue weighted by Crippen LogP contribution is -2.53. The molecule has 4 heteroatoms. The van der Waals surface area contributed by atoms with Crippen LogP contribution >= 0.6 is 11.8 Å². The van der Waals surface area contributed by atoms with E-state index in [1.807, 2.05) is 11.8 Å². The molecule has 2 rings (SSSR count). The summed E-state index contributed by atoms with van der Waals surface area (Å²) in [5.41, 5.74) is 5.85. The van der Waals surface area contributed by atoms with Crippen molar-refractivity contribution in [1.29, 1.82) is 0 Å². The normalized spacial score (nSPS) is 34.7. The van der Waals surface area contributed by atoms with Crippen LogP contribution in [0.25, 0.3) is 0 Å². The van der Waals surface area contributed by atoms with E-state index in [4.69, 9.17) is 5.73 Å². The summed E-state index contributed by atoms with van der Waals surface area (Å²) in [6.07, 6.45) is 5.89. The molecular formula is C13H24N2OS. The molecule has 1 amide bonds. The Kier molecular flexibility index (Phi) is 4.74. The van der Waals surface area contributed by atoms with Crippen LogP contribution < -0.4 is 5.73 Å². The minimum Gasteiger partial charge on any atom is -0.337 e. The first-order chi connectivity index (χ1) is 8.24. The molecule has 0 aromatic carbocycles. The molecule has 17 heavy (non-hydrogen) atoms. The van der Waals surface area contributed by atoms with Gasteiger partial charge in [-0.05, 0) is 37.4 Å². The molecule has 2 aliphatic rings. The molecule has 2 N–H and O–H groups in total. The maximum absolute atomic E-state index is 12.5. The molecule has 0 aliphatic carbocycles. The van der Waals surface area contributed by atoms with Crippen LogP contribution in [0.15, 0.2) is 0 Å². The highest BCUT2D eigenvalue weighted by atomic mass is 32.2. The van der Waals surface area contributed by atoms with Crippen LogP contribution in [0.2, 0.25) is 0 Å². The van der Waals surface area contributed by atoms with E-state index in [0.29, 0.717) is 18.4 Å². The predicted octanol–water partition coefficient (Wildman–Crippen LogP) is 1.86. The molecule has 0 saturated carbocycles. The first kappa shape index (κ1) is 13.2. The number of piperidine rings is 1. The Labute approximate surface area is 108 Å². The zero-order valence-electron chi connectivity index (χ0n) is 10.7. The van der Waals surface area contributed by atoms with Crippen molar-refractivity contribution in [3.63, 3.8) is 0 Å². The Balaban J connectivity index is 2.00. The highest BCUT2D eigenvalue weighted by Crippen LogP contribution is 2.30. The Morgan fingerprint density at radius 1 is 1.35 bits per heavy atom. The summed E-state index contributed by atoms with van der Waals surface area (Å²) >= 11 is 1.85. The van der Waals surface area contributed by atoms with E-state index in [2.05, 4.69) is 11.8 Å². The van der Waals surface area contributed by atoms with Gasteiger partial charge in [0.1, 0.15) is 0 Å². The number of hydrogen-bond acceptors (Lipinski definition) is 3. The lowest BCUT2D eigenvalue weighted by molar-refractivity contribution is -0.135. The van der Waals surface area contributed by atoms with E-state index in [1.165, 1.54) is 19.3 Å². The number of nitrogens with two attached hydrogens (primary N) is 1. The molecule has 0 radical (unpaired) electrons. The van der Waals surface area contributed by atoms with Crippen molar-refractivity contribution >= 4 is 17.7 Å². The molecule has 3 atom stereocenters. The Hall–Kier alpha value is -0.220. The SMILES string of the molecule is CC1CCCN(C(=O)C2CCCCS2)C1CN. The van der Waals surface area contributed by atoms with E-state index in [9.17, 15) is 4.79 Å². The molecule has 0 bridgehead atoms. The third-order valence-corrected chi connectivity index (χ3v) is 5.46. The fourth-order valence-electron chi connectivity index (χ4n) is 3.00. The summed E-state index contributed by atoms with van der Waals surface area (Å²) in [7, 11) is 0. The fourth-order valence-corrected chi connectivity index (χ4v) is 4.27. The van der Waals surface area contributed by atoms with Crippen LogP contribution in [0.4, 0.5) is 0 Å². The standard InChI is InChI=1S/C13H24N2OS/c1-10-5-4-7-15(11(10)9-14)13(16)12-6-2-3-8-17-12/h10-12H,2-9,14H2,1H3.